The first-order valence-electron chi connectivity index (χ1n) is 20.2. The molecule has 52 heavy (non-hydrogen) atoms. The summed E-state index contributed by atoms with van der Waals surface area (Å²) < 4.78 is 59.1. The van der Waals surface area contributed by atoms with E-state index in [1.54, 1.807) is 6.92 Å². The molecule has 0 saturated carbocycles. The third kappa shape index (κ3) is 44.7. The van der Waals surface area contributed by atoms with Crippen LogP contribution in [0.4, 0.5) is 0 Å². The second-order valence-corrected chi connectivity index (χ2v) is 12.3. The maximum atomic E-state index is 11.9. The third-order valence-corrected chi connectivity index (χ3v) is 7.71. The predicted octanol–water partition coefficient (Wildman–Crippen LogP) is 6.11. The Balaban J connectivity index is 3.14. The largest absolute Gasteiger partial charge is 0.466 e. The number of hydrogen-bond donors (Lipinski definition) is 0. The van der Waals surface area contributed by atoms with Crippen LogP contribution in [0, 0.1) is 0 Å². The van der Waals surface area contributed by atoms with Crippen molar-refractivity contribution in [3.05, 3.63) is 0 Å². The molecule has 13 nitrogen and oxygen atoms in total. The lowest BCUT2D eigenvalue weighted by Gasteiger charge is -2.09. The van der Waals surface area contributed by atoms with Gasteiger partial charge >= 0.3 is 11.9 Å². The molecule has 0 N–H and O–H groups in total. The second-order valence-electron chi connectivity index (χ2n) is 12.3. The first-order chi connectivity index (χ1) is 25.7. The molecule has 0 aromatic carbocycles. The van der Waals surface area contributed by atoms with Crippen molar-refractivity contribution in [2.45, 2.75) is 110 Å². The van der Waals surface area contributed by atoms with E-state index in [0.29, 0.717) is 132 Å². The van der Waals surface area contributed by atoms with Gasteiger partial charge in [-0.05, 0) is 13.3 Å². The molecule has 0 aliphatic rings. The molecule has 0 fully saturated rings. The van der Waals surface area contributed by atoms with Crippen molar-refractivity contribution in [3.63, 3.8) is 0 Å². The summed E-state index contributed by atoms with van der Waals surface area (Å²) >= 11 is 0. The second kappa shape index (κ2) is 45.7. The molecule has 0 saturated heterocycles. The summed E-state index contributed by atoms with van der Waals surface area (Å²) in [5.41, 5.74) is 0. The summed E-state index contributed by atoms with van der Waals surface area (Å²) in [6.07, 6.45) is 17.5. The van der Waals surface area contributed by atoms with Crippen LogP contribution >= 0.6 is 0 Å². The minimum atomic E-state index is -0.252. The maximum absolute atomic E-state index is 11.9. The van der Waals surface area contributed by atoms with Crippen molar-refractivity contribution in [1.29, 1.82) is 0 Å². The van der Waals surface area contributed by atoms with Crippen molar-refractivity contribution in [3.8, 4) is 0 Å². The van der Waals surface area contributed by atoms with Crippen LogP contribution in [-0.4, -0.2) is 144 Å². The van der Waals surface area contributed by atoms with Crippen molar-refractivity contribution in [2.75, 3.05) is 132 Å². The van der Waals surface area contributed by atoms with Gasteiger partial charge in [0.15, 0.2) is 0 Å². The van der Waals surface area contributed by atoms with E-state index in [0.717, 1.165) is 12.8 Å². The van der Waals surface area contributed by atoms with Crippen LogP contribution in [0.1, 0.15) is 110 Å². The number of ether oxygens (including phenoxy) is 11. The van der Waals surface area contributed by atoms with E-state index in [9.17, 15) is 9.59 Å². The standard InChI is InChI=1S/C39H76O13/c1-3-5-6-7-8-9-10-11-12-13-14-15-16-17-38(40)52-37-36-50-35-34-49-33-32-48-31-30-47-29-28-46-27-26-45-25-24-44-23-22-43-21-20-42-19-18-39(41)51-4-2/h3-37H2,1-2H3. The van der Waals surface area contributed by atoms with E-state index in [2.05, 4.69) is 6.92 Å². The molecule has 13 heteroatoms. The van der Waals surface area contributed by atoms with Crippen molar-refractivity contribution >= 4 is 11.9 Å². The first kappa shape index (κ1) is 50.6. The average molecular weight is 753 g/mol. The molecule has 0 spiro atoms. The Labute approximate surface area is 315 Å². The van der Waals surface area contributed by atoms with Gasteiger partial charge in [0.2, 0.25) is 0 Å². The van der Waals surface area contributed by atoms with E-state index in [1.807, 2.05) is 0 Å². The fourth-order valence-electron chi connectivity index (χ4n) is 4.82. The van der Waals surface area contributed by atoms with E-state index < -0.39 is 0 Å². The quantitative estimate of drug-likeness (QED) is 0.0523. The van der Waals surface area contributed by atoms with E-state index in [-0.39, 0.29) is 25.0 Å². The third-order valence-electron chi connectivity index (χ3n) is 7.71. The molecule has 0 heterocycles. The number of unbranched alkanes of at least 4 members (excludes halogenated alkanes) is 12. The Morgan fingerprint density at radius 3 is 0.885 bits per heavy atom. The van der Waals surface area contributed by atoms with Gasteiger partial charge in [0.1, 0.15) is 6.61 Å². The minimum Gasteiger partial charge on any atom is -0.466 e. The number of esters is 2. The lowest BCUT2D eigenvalue weighted by molar-refractivity contribution is -0.146. The van der Waals surface area contributed by atoms with Gasteiger partial charge in [0.05, 0.1) is 132 Å². The average Bonchev–Trinajstić information content (AvgIpc) is 3.14. The summed E-state index contributed by atoms with van der Waals surface area (Å²) in [5.74, 6) is -0.386. The zero-order valence-electron chi connectivity index (χ0n) is 33.1. The van der Waals surface area contributed by atoms with Gasteiger partial charge in [0.25, 0.3) is 0 Å². The Morgan fingerprint density at radius 1 is 0.288 bits per heavy atom. The predicted molar refractivity (Wildman–Crippen MR) is 200 cm³/mol. The Kier molecular flexibility index (Phi) is 44.5. The number of carbonyl (C=O) groups is 2. The van der Waals surface area contributed by atoms with Crippen molar-refractivity contribution < 1.29 is 61.7 Å². The smallest absolute Gasteiger partial charge is 0.308 e. The van der Waals surface area contributed by atoms with Gasteiger partial charge in [-0.15, -0.1) is 0 Å². The number of rotatable bonds is 45. The van der Waals surface area contributed by atoms with Crippen LogP contribution in [0.25, 0.3) is 0 Å². The van der Waals surface area contributed by atoms with Gasteiger partial charge in [-0.25, -0.2) is 0 Å². The highest BCUT2D eigenvalue weighted by atomic mass is 16.6. The molecular weight excluding hydrogens is 676 g/mol. The molecule has 0 rings (SSSR count). The molecule has 0 radical (unpaired) electrons. The molecular formula is C39H76O13. The zero-order valence-corrected chi connectivity index (χ0v) is 33.1. The van der Waals surface area contributed by atoms with E-state index >= 15 is 0 Å². The maximum Gasteiger partial charge on any atom is 0.308 e. The molecule has 0 aromatic heterocycles. The Morgan fingerprint density at radius 2 is 0.558 bits per heavy atom. The minimum absolute atomic E-state index is 0.135. The molecule has 0 aromatic rings. The highest BCUT2D eigenvalue weighted by molar-refractivity contribution is 5.69. The topological polar surface area (TPSA) is 136 Å². The van der Waals surface area contributed by atoms with Gasteiger partial charge in [-0.3, -0.25) is 9.59 Å². The van der Waals surface area contributed by atoms with Crippen LogP contribution in [0.15, 0.2) is 0 Å². The molecule has 0 amide bonds. The molecule has 0 aliphatic heterocycles. The highest BCUT2D eigenvalue weighted by Gasteiger charge is 2.03. The van der Waals surface area contributed by atoms with E-state index in [4.69, 9.17) is 52.1 Å². The molecule has 310 valence electrons. The Bertz CT molecular complexity index is 714. The summed E-state index contributed by atoms with van der Waals surface area (Å²) in [4.78, 5) is 23.0. The van der Waals surface area contributed by atoms with Crippen LogP contribution in [0.5, 0.6) is 0 Å². The Hall–Kier alpha value is -1.42. The molecule has 0 unspecified atom stereocenters. The fraction of sp³-hybridized carbons (Fsp3) is 0.949. The summed E-state index contributed by atoms with van der Waals surface area (Å²) in [7, 11) is 0. The van der Waals surface area contributed by atoms with Crippen LogP contribution in [0.3, 0.4) is 0 Å². The molecule has 0 atom stereocenters. The molecule has 0 bridgehead atoms. The van der Waals surface area contributed by atoms with Crippen LogP contribution < -0.4 is 0 Å². The number of carbonyl (C=O) groups excluding carboxylic acids is 2. The highest BCUT2D eigenvalue weighted by Crippen LogP contribution is 2.13. The lowest BCUT2D eigenvalue weighted by atomic mass is 10.0. The monoisotopic (exact) mass is 753 g/mol. The first-order valence-corrected chi connectivity index (χ1v) is 20.2. The van der Waals surface area contributed by atoms with Gasteiger partial charge in [0, 0.05) is 6.42 Å². The lowest BCUT2D eigenvalue weighted by Crippen LogP contribution is -2.15. The normalized spacial score (nSPS) is 11.3. The van der Waals surface area contributed by atoms with Crippen molar-refractivity contribution in [1.82, 2.24) is 0 Å². The van der Waals surface area contributed by atoms with Crippen LogP contribution in [0.2, 0.25) is 0 Å². The summed E-state index contributed by atoms with van der Waals surface area (Å²) in [6.45, 7) is 13.1. The van der Waals surface area contributed by atoms with Crippen molar-refractivity contribution in [2.24, 2.45) is 0 Å². The van der Waals surface area contributed by atoms with Crippen LogP contribution in [-0.2, 0) is 61.7 Å². The van der Waals surface area contributed by atoms with E-state index in [1.165, 1.54) is 70.6 Å². The van der Waals surface area contributed by atoms with Gasteiger partial charge in [-0.1, -0.05) is 84.0 Å². The van der Waals surface area contributed by atoms with Gasteiger partial charge in [-0.2, -0.15) is 0 Å². The zero-order chi connectivity index (χ0) is 37.7. The molecule has 0 aliphatic carbocycles. The summed E-state index contributed by atoms with van der Waals surface area (Å²) in [5, 5.41) is 0. The number of hydrogen-bond acceptors (Lipinski definition) is 13. The SMILES string of the molecule is CCCCCCCCCCCCCCCC(=O)OCCOCCOCCOCCOCCOCCOCCOCCOCCOCCC(=O)OCC. The van der Waals surface area contributed by atoms with Gasteiger partial charge < -0.3 is 52.1 Å². The summed E-state index contributed by atoms with van der Waals surface area (Å²) in [6, 6.07) is 0. The fourth-order valence-corrected chi connectivity index (χ4v) is 4.82.